The number of carbonyl (C=O) groups is 1. The SMILES string of the molecule is C=C(C)C(=O)OCC(O)COc1ccc2c(=O)c3ccccc3sc2c1. The summed E-state index contributed by atoms with van der Waals surface area (Å²) in [5.74, 6) is -0.0138. The second-order valence-corrected chi connectivity index (χ2v) is 7.01. The van der Waals surface area contributed by atoms with Crippen LogP contribution in [-0.4, -0.2) is 30.4 Å². The first-order valence-corrected chi connectivity index (χ1v) is 8.86. The number of ether oxygens (including phenoxy) is 2. The van der Waals surface area contributed by atoms with Crippen molar-refractivity contribution in [2.45, 2.75) is 13.0 Å². The van der Waals surface area contributed by atoms with Gasteiger partial charge in [0.2, 0.25) is 0 Å². The second-order valence-electron chi connectivity index (χ2n) is 5.93. The topological polar surface area (TPSA) is 72.8 Å². The first-order chi connectivity index (χ1) is 12.5. The lowest BCUT2D eigenvalue weighted by Gasteiger charge is -2.13. The molecular formula is C20H18O5S. The summed E-state index contributed by atoms with van der Waals surface area (Å²) in [5.41, 5.74) is 0.266. The zero-order valence-corrected chi connectivity index (χ0v) is 15.0. The molecule has 0 aliphatic heterocycles. The highest BCUT2D eigenvalue weighted by Gasteiger charge is 2.11. The quantitative estimate of drug-likeness (QED) is 0.410. The van der Waals surface area contributed by atoms with E-state index in [1.54, 1.807) is 18.2 Å². The molecule has 1 aromatic heterocycles. The molecule has 1 N–H and O–H groups in total. The summed E-state index contributed by atoms with van der Waals surface area (Å²) in [4.78, 5) is 23.8. The minimum atomic E-state index is -0.954. The molecule has 0 spiro atoms. The van der Waals surface area contributed by atoms with Gasteiger partial charge in [0.25, 0.3) is 0 Å². The molecule has 2 aromatic carbocycles. The Bertz CT molecular complexity index is 1040. The molecule has 0 saturated carbocycles. The Morgan fingerprint density at radius 3 is 2.65 bits per heavy atom. The van der Waals surface area contributed by atoms with E-state index >= 15 is 0 Å². The van der Waals surface area contributed by atoms with Crippen molar-refractivity contribution in [3.05, 3.63) is 64.8 Å². The number of benzene rings is 2. The molecule has 6 heteroatoms. The first-order valence-electron chi connectivity index (χ1n) is 8.05. The molecule has 134 valence electrons. The predicted molar refractivity (Wildman–Crippen MR) is 103 cm³/mol. The number of hydrogen-bond donors (Lipinski definition) is 1. The molecule has 0 aliphatic carbocycles. The van der Waals surface area contributed by atoms with Crippen LogP contribution in [0.2, 0.25) is 0 Å². The van der Waals surface area contributed by atoms with Gasteiger partial charge in [-0.25, -0.2) is 4.79 Å². The molecule has 0 amide bonds. The number of aliphatic hydroxyl groups is 1. The van der Waals surface area contributed by atoms with E-state index in [0.29, 0.717) is 16.5 Å². The highest BCUT2D eigenvalue weighted by Crippen LogP contribution is 2.27. The molecule has 3 rings (SSSR count). The van der Waals surface area contributed by atoms with Crippen molar-refractivity contribution in [1.82, 2.24) is 0 Å². The van der Waals surface area contributed by atoms with Gasteiger partial charge in [0.05, 0.1) is 0 Å². The number of carbonyl (C=O) groups excluding carboxylic acids is 1. The van der Waals surface area contributed by atoms with E-state index in [4.69, 9.17) is 9.47 Å². The second kappa shape index (κ2) is 7.68. The van der Waals surface area contributed by atoms with Crippen molar-refractivity contribution in [3.8, 4) is 5.75 Å². The van der Waals surface area contributed by atoms with Gasteiger partial charge in [-0.3, -0.25) is 4.79 Å². The van der Waals surface area contributed by atoms with Crippen LogP contribution in [0.1, 0.15) is 6.92 Å². The van der Waals surface area contributed by atoms with E-state index in [9.17, 15) is 14.7 Å². The normalized spacial score (nSPS) is 12.1. The third-order valence-corrected chi connectivity index (χ3v) is 4.88. The van der Waals surface area contributed by atoms with Gasteiger partial charge in [-0.15, -0.1) is 11.3 Å². The number of fused-ring (bicyclic) bond motifs is 2. The van der Waals surface area contributed by atoms with E-state index in [1.807, 2.05) is 24.3 Å². The fourth-order valence-corrected chi connectivity index (χ4v) is 3.51. The van der Waals surface area contributed by atoms with Crippen molar-refractivity contribution in [2.24, 2.45) is 0 Å². The van der Waals surface area contributed by atoms with Crippen LogP contribution in [0.15, 0.2) is 59.4 Å². The van der Waals surface area contributed by atoms with Crippen LogP contribution < -0.4 is 10.2 Å². The minimum Gasteiger partial charge on any atom is -0.491 e. The van der Waals surface area contributed by atoms with Crippen LogP contribution in [0.5, 0.6) is 5.75 Å². The van der Waals surface area contributed by atoms with Crippen molar-refractivity contribution < 1.29 is 19.4 Å². The third-order valence-electron chi connectivity index (χ3n) is 3.75. The summed E-state index contributed by atoms with van der Waals surface area (Å²) in [6, 6.07) is 12.7. The number of rotatable bonds is 6. The van der Waals surface area contributed by atoms with Crippen LogP contribution in [0, 0.1) is 0 Å². The van der Waals surface area contributed by atoms with Crippen LogP contribution in [0.25, 0.3) is 20.2 Å². The Hall–Kier alpha value is -2.70. The van der Waals surface area contributed by atoms with E-state index < -0.39 is 12.1 Å². The monoisotopic (exact) mass is 370 g/mol. The summed E-state index contributed by atoms with van der Waals surface area (Å²) < 4.78 is 12.2. The molecule has 3 aromatic rings. The molecule has 0 bridgehead atoms. The largest absolute Gasteiger partial charge is 0.491 e. The average molecular weight is 370 g/mol. The summed E-state index contributed by atoms with van der Waals surface area (Å²) in [5, 5.41) is 11.2. The Morgan fingerprint density at radius 2 is 1.88 bits per heavy atom. The molecular weight excluding hydrogens is 352 g/mol. The molecule has 0 radical (unpaired) electrons. The highest BCUT2D eigenvalue weighted by atomic mass is 32.1. The molecule has 0 fully saturated rings. The van der Waals surface area contributed by atoms with Crippen molar-refractivity contribution in [2.75, 3.05) is 13.2 Å². The lowest BCUT2D eigenvalue weighted by atomic mass is 10.2. The zero-order chi connectivity index (χ0) is 18.7. The van der Waals surface area contributed by atoms with Crippen molar-refractivity contribution >= 4 is 37.5 Å². The Kier molecular flexibility index (Phi) is 5.35. The van der Waals surface area contributed by atoms with Gasteiger partial charge in [0.15, 0.2) is 5.43 Å². The van der Waals surface area contributed by atoms with Crippen LogP contribution in [-0.2, 0) is 9.53 Å². The Labute approximate surface area is 154 Å². The fourth-order valence-electron chi connectivity index (χ4n) is 2.41. The number of esters is 1. The van der Waals surface area contributed by atoms with Crippen LogP contribution >= 0.6 is 11.3 Å². The molecule has 1 unspecified atom stereocenters. The standard InChI is InChI=1S/C20H18O5S/c1-12(2)20(23)25-11-13(21)10-24-14-7-8-16-18(9-14)26-17-6-4-3-5-15(17)19(16)22/h3-9,13,21H,1,10-11H2,2H3. The Morgan fingerprint density at radius 1 is 1.15 bits per heavy atom. The molecule has 1 atom stereocenters. The van der Waals surface area contributed by atoms with Crippen LogP contribution in [0.4, 0.5) is 0 Å². The Balaban J connectivity index is 1.73. The van der Waals surface area contributed by atoms with Gasteiger partial charge in [-0.2, -0.15) is 0 Å². The zero-order valence-electron chi connectivity index (χ0n) is 14.2. The van der Waals surface area contributed by atoms with E-state index in [-0.39, 0.29) is 24.2 Å². The van der Waals surface area contributed by atoms with Crippen molar-refractivity contribution in [1.29, 1.82) is 0 Å². The van der Waals surface area contributed by atoms with Crippen molar-refractivity contribution in [3.63, 3.8) is 0 Å². The van der Waals surface area contributed by atoms with E-state index in [1.165, 1.54) is 18.3 Å². The van der Waals surface area contributed by atoms with E-state index in [2.05, 4.69) is 6.58 Å². The maximum atomic E-state index is 12.5. The van der Waals surface area contributed by atoms with Gasteiger partial charge in [-0.05, 0) is 37.3 Å². The van der Waals surface area contributed by atoms with Gasteiger partial charge in [-0.1, -0.05) is 18.7 Å². The number of aliphatic hydroxyl groups excluding tert-OH is 1. The summed E-state index contributed by atoms with van der Waals surface area (Å²) in [6.45, 7) is 4.81. The highest BCUT2D eigenvalue weighted by molar-refractivity contribution is 7.24. The maximum Gasteiger partial charge on any atom is 0.333 e. The van der Waals surface area contributed by atoms with Crippen LogP contribution in [0.3, 0.4) is 0 Å². The lowest BCUT2D eigenvalue weighted by Crippen LogP contribution is -2.25. The molecule has 0 saturated heterocycles. The summed E-state index contributed by atoms with van der Waals surface area (Å²) >= 11 is 1.51. The third kappa shape index (κ3) is 3.92. The van der Waals surface area contributed by atoms with Gasteiger partial charge in [0, 0.05) is 25.7 Å². The summed E-state index contributed by atoms with van der Waals surface area (Å²) in [6.07, 6.45) is -0.954. The summed E-state index contributed by atoms with van der Waals surface area (Å²) in [7, 11) is 0. The smallest absolute Gasteiger partial charge is 0.333 e. The molecule has 0 aliphatic rings. The van der Waals surface area contributed by atoms with Gasteiger partial charge in [0.1, 0.15) is 25.1 Å². The maximum absolute atomic E-state index is 12.5. The molecule has 26 heavy (non-hydrogen) atoms. The molecule has 1 heterocycles. The number of hydrogen-bond acceptors (Lipinski definition) is 6. The predicted octanol–water partition coefficient (Wildman–Crippen LogP) is 3.27. The average Bonchev–Trinajstić information content (AvgIpc) is 2.64. The van der Waals surface area contributed by atoms with Gasteiger partial charge >= 0.3 is 5.97 Å². The van der Waals surface area contributed by atoms with Gasteiger partial charge < -0.3 is 14.6 Å². The minimum absolute atomic E-state index is 0.00681. The lowest BCUT2D eigenvalue weighted by molar-refractivity contribution is -0.142. The van der Waals surface area contributed by atoms with E-state index in [0.717, 1.165) is 9.40 Å². The molecule has 5 nitrogen and oxygen atoms in total. The fraction of sp³-hybridized carbons (Fsp3) is 0.200. The first kappa shape index (κ1) is 18.1.